The number of hydrogen-bond acceptors (Lipinski definition) is 4. The van der Waals surface area contributed by atoms with Crippen molar-refractivity contribution in [3.63, 3.8) is 0 Å². The molecule has 7 nitrogen and oxygen atoms in total. The van der Waals surface area contributed by atoms with E-state index in [1.165, 1.54) is 42.8 Å². The summed E-state index contributed by atoms with van der Waals surface area (Å²) < 4.78 is 5.47. The van der Waals surface area contributed by atoms with Crippen molar-refractivity contribution in [3.8, 4) is 0 Å². The van der Waals surface area contributed by atoms with Crippen LogP contribution < -0.4 is 15.4 Å². The molecular weight excluding hydrogens is 346 g/mol. The molecule has 1 aromatic carbocycles. The van der Waals surface area contributed by atoms with Crippen LogP contribution in [0.15, 0.2) is 65.4 Å². The van der Waals surface area contributed by atoms with E-state index in [9.17, 15) is 14.8 Å². The lowest BCUT2D eigenvalue weighted by Gasteiger charge is -2.09. The van der Waals surface area contributed by atoms with Crippen molar-refractivity contribution in [1.82, 2.24) is 0 Å². The number of nitrogens with one attached hydrogen (secondary N) is 2. The van der Waals surface area contributed by atoms with Crippen molar-refractivity contribution < 1.29 is 18.7 Å². The number of aromatic nitrogens is 1. The Kier molecular flexibility index (Phi) is 4.67. The van der Waals surface area contributed by atoms with Gasteiger partial charge in [0.15, 0.2) is 12.0 Å². The lowest BCUT2D eigenvalue weighted by Crippen LogP contribution is -2.36. The monoisotopic (exact) mass is 357 g/mol. The zero-order valence-electron chi connectivity index (χ0n) is 12.7. The second kappa shape index (κ2) is 7.06. The first-order valence-corrected chi connectivity index (χ1v) is 7.56. The molecule has 2 N–H and O–H groups in total. The molecule has 3 aromatic rings. The molecule has 0 atom stereocenters. The van der Waals surface area contributed by atoms with Gasteiger partial charge in [-0.15, -0.1) is 0 Å². The van der Waals surface area contributed by atoms with E-state index in [0.717, 1.165) is 0 Å². The van der Waals surface area contributed by atoms with Gasteiger partial charge in [-0.1, -0.05) is 11.6 Å². The number of hydrogen-bond donors (Lipinski definition) is 2. The highest BCUT2D eigenvalue weighted by molar-refractivity contribution is 6.34. The summed E-state index contributed by atoms with van der Waals surface area (Å²) in [7, 11) is 0. The summed E-state index contributed by atoms with van der Waals surface area (Å²) >= 11 is 6.13. The number of rotatable bonds is 4. The number of pyridine rings is 1. The molecule has 2 amide bonds. The number of anilines is 2. The largest absolute Gasteiger partial charge is 0.618 e. The Morgan fingerprint density at radius 2 is 1.88 bits per heavy atom. The molecule has 25 heavy (non-hydrogen) atoms. The Balaban J connectivity index is 1.73. The highest BCUT2D eigenvalue weighted by Gasteiger charge is 2.16. The molecule has 8 heteroatoms. The van der Waals surface area contributed by atoms with Crippen molar-refractivity contribution in [2.24, 2.45) is 0 Å². The van der Waals surface area contributed by atoms with Crippen LogP contribution in [0.4, 0.5) is 11.4 Å². The summed E-state index contributed by atoms with van der Waals surface area (Å²) in [6.07, 6.45) is 2.62. The van der Waals surface area contributed by atoms with Gasteiger partial charge in [-0.2, -0.15) is 4.73 Å². The van der Waals surface area contributed by atoms with Gasteiger partial charge in [0.1, 0.15) is 0 Å². The van der Waals surface area contributed by atoms with Gasteiger partial charge in [-0.3, -0.25) is 9.59 Å². The fourth-order valence-electron chi connectivity index (χ4n) is 2.09. The number of benzene rings is 1. The van der Waals surface area contributed by atoms with Crippen LogP contribution in [0.25, 0.3) is 0 Å². The molecule has 0 bridgehead atoms. The molecule has 0 aliphatic heterocycles. The Hall–Kier alpha value is -3.32. The zero-order valence-corrected chi connectivity index (χ0v) is 13.5. The molecule has 2 heterocycles. The number of amides is 2. The topological polar surface area (TPSA) is 98.3 Å². The SMILES string of the molecule is O=C(Nc1ccc(NC(=O)c2cccc[n+]2[O-])cc1Cl)c1ccco1. The summed E-state index contributed by atoms with van der Waals surface area (Å²) in [6.45, 7) is 0. The second-order valence-electron chi connectivity index (χ2n) is 4.99. The fraction of sp³-hybridized carbons (Fsp3) is 0. The van der Waals surface area contributed by atoms with Gasteiger partial charge in [0.2, 0.25) is 0 Å². The first-order chi connectivity index (χ1) is 12.0. The molecule has 3 rings (SSSR count). The van der Waals surface area contributed by atoms with Crippen molar-refractivity contribution in [2.75, 3.05) is 10.6 Å². The van der Waals surface area contributed by atoms with E-state index in [2.05, 4.69) is 10.6 Å². The third-order valence-electron chi connectivity index (χ3n) is 3.28. The number of furan rings is 1. The smallest absolute Gasteiger partial charge is 0.321 e. The van der Waals surface area contributed by atoms with Gasteiger partial charge >= 0.3 is 5.91 Å². The molecule has 0 aliphatic rings. The quantitative estimate of drug-likeness (QED) is 0.553. The van der Waals surface area contributed by atoms with Crippen molar-refractivity contribution in [2.45, 2.75) is 0 Å². The summed E-state index contributed by atoms with van der Waals surface area (Å²) in [4.78, 5) is 24.0. The number of carbonyl (C=O) groups is 2. The Labute approximate surface area is 147 Å². The van der Waals surface area contributed by atoms with E-state index in [1.807, 2.05) is 0 Å². The van der Waals surface area contributed by atoms with E-state index < -0.39 is 11.8 Å². The van der Waals surface area contributed by atoms with Crippen LogP contribution in [0.5, 0.6) is 0 Å². The Bertz CT molecular complexity index is 925. The predicted molar refractivity (Wildman–Crippen MR) is 91.5 cm³/mol. The first-order valence-electron chi connectivity index (χ1n) is 7.18. The van der Waals surface area contributed by atoms with Crippen LogP contribution in [0.3, 0.4) is 0 Å². The normalized spacial score (nSPS) is 10.3. The van der Waals surface area contributed by atoms with Crippen molar-refractivity contribution in [3.05, 3.63) is 82.7 Å². The average Bonchev–Trinajstić information content (AvgIpc) is 3.12. The number of carbonyl (C=O) groups excluding carboxylic acids is 2. The minimum atomic E-state index is -0.570. The minimum Gasteiger partial charge on any atom is -0.618 e. The highest BCUT2D eigenvalue weighted by Crippen LogP contribution is 2.26. The van der Waals surface area contributed by atoms with E-state index in [0.29, 0.717) is 16.1 Å². The molecule has 0 fully saturated rings. The molecule has 126 valence electrons. The van der Waals surface area contributed by atoms with Crippen LogP contribution in [0.1, 0.15) is 21.0 Å². The maximum atomic E-state index is 12.1. The lowest BCUT2D eigenvalue weighted by molar-refractivity contribution is -0.607. The minimum absolute atomic E-state index is 0.0474. The Morgan fingerprint density at radius 3 is 2.56 bits per heavy atom. The van der Waals surface area contributed by atoms with E-state index in [4.69, 9.17) is 16.0 Å². The molecule has 0 unspecified atom stereocenters. The molecule has 2 aromatic heterocycles. The average molecular weight is 358 g/mol. The fourth-order valence-corrected chi connectivity index (χ4v) is 2.31. The summed E-state index contributed by atoms with van der Waals surface area (Å²) in [5, 5.41) is 17.0. The standard InChI is InChI=1S/C17H12ClN3O4/c18-12-10-11(19-16(22)14-4-1-2-8-21(14)24)6-7-13(12)20-17(23)15-5-3-9-25-15/h1-10H,(H,19,22)(H,20,23). The summed E-state index contributed by atoms with van der Waals surface area (Å²) in [5.41, 5.74) is 0.698. The molecule has 0 radical (unpaired) electrons. The van der Waals surface area contributed by atoms with Gasteiger partial charge in [0, 0.05) is 17.8 Å². The van der Waals surface area contributed by atoms with Crippen LogP contribution in [0.2, 0.25) is 5.02 Å². The van der Waals surface area contributed by atoms with Gasteiger partial charge in [0.25, 0.3) is 11.6 Å². The van der Waals surface area contributed by atoms with Crippen molar-refractivity contribution in [1.29, 1.82) is 0 Å². The lowest BCUT2D eigenvalue weighted by atomic mass is 10.2. The maximum Gasteiger partial charge on any atom is 0.321 e. The van der Waals surface area contributed by atoms with Crippen LogP contribution in [0, 0.1) is 5.21 Å². The van der Waals surface area contributed by atoms with E-state index >= 15 is 0 Å². The van der Waals surface area contributed by atoms with Crippen LogP contribution in [-0.2, 0) is 0 Å². The highest BCUT2D eigenvalue weighted by atomic mass is 35.5. The van der Waals surface area contributed by atoms with Crippen LogP contribution in [-0.4, -0.2) is 11.8 Å². The second-order valence-corrected chi connectivity index (χ2v) is 5.40. The Morgan fingerprint density at radius 1 is 1.04 bits per heavy atom. The predicted octanol–water partition coefficient (Wildman–Crippen LogP) is 3.07. The molecular formula is C17H12ClN3O4. The van der Waals surface area contributed by atoms with Crippen molar-refractivity contribution >= 4 is 34.8 Å². The third-order valence-corrected chi connectivity index (χ3v) is 3.59. The van der Waals surface area contributed by atoms with E-state index in [-0.39, 0.29) is 16.5 Å². The van der Waals surface area contributed by atoms with Gasteiger partial charge in [-0.25, -0.2) is 0 Å². The summed E-state index contributed by atoms with van der Waals surface area (Å²) in [6, 6.07) is 12.2. The van der Waals surface area contributed by atoms with Gasteiger partial charge < -0.3 is 20.3 Å². The molecule has 0 spiro atoms. The maximum absolute atomic E-state index is 12.1. The van der Waals surface area contributed by atoms with Crippen LogP contribution >= 0.6 is 11.6 Å². The summed E-state index contributed by atoms with van der Waals surface area (Å²) in [5.74, 6) is -0.864. The molecule has 0 saturated carbocycles. The molecule has 0 saturated heterocycles. The third kappa shape index (κ3) is 3.78. The number of nitrogens with zero attached hydrogens (tertiary/aromatic N) is 1. The van der Waals surface area contributed by atoms with E-state index in [1.54, 1.807) is 18.2 Å². The zero-order chi connectivity index (χ0) is 17.8. The number of halogens is 1. The molecule has 0 aliphatic carbocycles. The van der Waals surface area contributed by atoms with Gasteiger partial charge in [0.05, 0.1) is 17.0 Å². The van der Waals surface area contributed by atoms with Gasteiger partial charge in [-0.05, 0) is 36.4 Å². The first kappa shape index (κ1) is 16.5.